The van der Waals surface area contributed by atoms with Crippen molar-refractivity contribution in [3.63, 3.8) is 0 Å². The molecule has 1 aliphatic heterocycles. The van der Waals surface area contributed by atoms with Crippen LogP contribution in [-0.2, 0) is 6.54 Å². The summed E-state index contributed by atoms with van der Waals surface area (Å²) in [4.78, 5) is 9.30. The second-order valence-corrected chi connectivity index (χ2v) is 9.20. The molecular formula is C23H28N4. The van der Waals surface area contributed by atoms with Gasteiger partial charge < -0.3 is 14.4 Å². The van der Waals surface area contributed by atoms with Crippen molar-refractivity contribution in [1.82, 2.24) is 9.55 Å². The standard InChI is InChI=1S/C23H28N4/c1-14-25(2)20-7-4-15(8-21(20)26(14)3)12-27-13-24-22(23(27)16-5-6-16)19-10-17-9-18(17)11-19/h4,7-8,13,16-19H,1,5-6,9-12H2,2-3H3/t17-,18+,19?. The molecule has 3 aliphatic carbocycles. The molecule has 4 nitrogen and oxygen atoms in total. The molecular weight excluding hydrogens is 332 g/mol. The van der Waals surface area contributed by atoms with Crippen LogP contribution in [0.4, 0.5) is 11.4 Å². The molecule has 0 bridgehead atoms. The van der Waals surface area contributed by atoms with E-state index in [4.69, 9.17) is 4.98 Å². The minimum atomic E-state index is 0.730. The fraction of sp³-hybridized carbons (Fsp3) is 0.522. The highest BCUT2D eigenvalue weighted by atomic mass is 15.4. The second-order valence-electron chi connectivity index (χ2n) is 9.20. The van der Waals surface area contributed by atoms with Gasteiger partial charge in [0.1, 0.15) is 5.82 Å². The van der Waals surface area contributed by atoms with Crippen LogP contribution in [-0.4, -0.2) is 23.6 Å². The summed E-state index contributed by atoms with van der Waals surface area (Å²) in [5.74, 6) is 4.55. The first kappa shape index (κ1) is 15.8. The van der Waals surface area contributed by atoms with Gasteiger partial charge >= 0.3 is 0 Å². The molecule has 0 saturated heterocycles. The van der Waals surface area contributed by atoms with Crippen molar-refractivity contribution < 1.29 is 0 Å². The van der Waals surface area contributed by atoms with Crippen LogP contribution in [0.25, 0.3) is 0 Å². The van der Waals surface area contributed by atoms with Crippen LogP contribution in [0.1, 0.15) is 60.9 Å². The Labute approximate surface area is 161 Å². The van der Waals surface area contributed by atoms with Crippen molar-refractivity contribution in [3.05, 3.63) is 53.9 Å². The van der Waals surface area contributed by atoms with E-state index in [1.165, 1.54) is 54.7 Å². The number of aromatic nitrogens is 2. The Kier molecular flexibility index (Phi) is 3.16. The number of imidazole rings is 1. The van der Waals surface area contributed by atoms with E-state index in [1.54, 1.807) is 5.69 Å². The molecule has 3 atom stereocenters. The predicted octanol–water partition coefficient (Wildman–Crippen LogP) is 4.68. The maximum Gasteiger partial charge on any atom is 0.105 e. The van der Waals surface area contributed by atoms with E-state index >= 15 is 0 Å². The summed E-state index contributed by atoms with van der Waals surface area (Å²) >= 11 is 0. The first-order valence-corrected chi connectivity index (χ1v) is 10.4. The molecule has 2 aromatic rings. The third-order valence-corrected chi connectivity index (χ3v) is 7.39. The van der Waals surface area contributed by atoms with Gasteiger partial charge in [-0.05, 0) is 61.6 Å². The average Bonchev–Trinajstić information content (AvgIpc) is 3.57. The number of anilines is 2. The molecule has 1 unspecified atom stereocenters. The van der Waals surface area contributed by atoms with Crippen LogP contribution in [0.5, 0.6) is 0 Å². The lowest BCUT2D eigenvalue weighted by Crippen LogP contribution is -2.20. The van der Waals surface area contributed by atoms with Gasteiger partial charge in [-0.2, -0.15) is 0 Å². The van der Waals surface area contributed by atoms with Crippen LogP contribution in [0.3, 0.4) is 0 Å². The number of rotatable bonds is 4. The van der Waals surface area contributed by atoms with Crippen molar-refractivity contribution in [1.29, 1.82) is 0 Å². The van der Waals surface area contributed by atoms with Crippen LogP contribution < -0.4 is 9.80 Å². The minimum Gasteiger partial charge on any atom is -0.330 e. The molecule has 3 saturated carbocycles. The highest BCUT2D eigenvalue weighted by Gasteiger charge is 2.48. The van der Waals surface area contributed by atoms with Crippen LogP contribution in [0.2, 0.25) is 0 Å². The third kappa shape index (κ3) is 2.38. The Bertz CT molecular complexity index is 928. The van der Waals surface area contributed by atoms with E-state index in [1.807, 2.05) is 0 Å². The van der Waals surface area contributed by atoms with Gasteiger partial charge in [0.05, 0.1) is 23.4 Å². The third-order valence-electron chi connectivity index (χ3n) is 7.39. The van der Waals surface area contributed by atoms with E-state index in [-0.39, 0.29) is 0 Å². The Morgan fingerprint density at radius 3 is 2.48 bits per heavy atom. The zero-order valence-electron chi connectivity index (χ0n) is 16.4. The molecule has 3 fully saturated rings. The van der Waals surface area contributed by atoms with E-state index < -0.39 is 0 Å². The summed E-state index contributed by atoms with van der Waals surface area (Å²) in [6.45, 7) is 5.11. The molecule has 0 N–H and O–H groups in total. The molecule has 0 spiro atoms. The monoisotopic (exact) mass is 360 g/mol. The quantitative estimate of drug-likeness (QED) is 0.791. The molecule has 140 valence electrons. The van der Waals surface area contributed by atoms with Crippen LogP contribution in [0, 0.1) is 11.8 Å². The molecule has 0 radical (unpaired) electrons. The molecule has 1 aromatic carbocycles. The fourth-order valence-corrected chi connectivity index (χ4v) is 5.51. The summed E-state index contributed by atoms with van der Waals surface area (Å²) < 4.78 is 2.45. The smallest absolute Gasteiger partial charge is 0.105 e. The first-order chi connectivity index (χ1) is 13.1. The van der Waals surface area contributed by atoms with Crippen LogP contribution in [0.15, 0.2) is 36.9 Å². The number of hydrogen-bond acceptors (Lipinski definition) is 3. The molecule has 6 rings (SSSR count). The Balaban J connectivity index is 1.31. The largest absolute Gasteiger partial charge is 0.330 e. The molecule has 1 aromatic heterocycles. The molecule has 4 heteroatoms. The number of benzene rings is 1. The maximum atomic E-state index is 4.95. The SMILES string of the molecule is C=C1N(C)c2ccc(Cn3cnc(C4C[C@@H]5C[C@@H]5C4)c3C3CC3)cc2N1C. The Morgan fingerprint density at radius 1 is 1.00 bits per heavy atom. The lowest BCUT2D eigenvalue weighted by atomic mass is 9.96. The second kappa shape index (κ2) is 5.40. The van der Waals surface area contributed by atoms with Gasteiger partial charge in [0.2, 0.25) is 0 Å². The van der Waals surface area contributed by atoms with Crippen molar-refractivity contribution in [2.45, 2.75) is 50.5 Å². The van der Waals surface area contributed by atoms with Crippen molar-refractivity contribution >= 4 is 11.4 Å². The van der Waals surface area contributed by atoms with Crippen LogP contribution >= 0.6 is 0 Å². The highest BCUT2D eigenvalue weighted by Crippen LogP contribution is 2.58. The molecule has 0 amide bonds. The highest BCUT2D eigenvalue weighted by molar-refractivity contribution is 5.82. The van der Waals surface area contributed by atoms with Crippen molar-refractivity contribution in [3.8, 4) is 0 Å². The van der Waals surface area contributed by atoms with Gasteiger partial charge in [-0.1, -0.05) is 12.6 Å². The van der Waals surface area contributed by atoms with Crippen molar-refractivity contribution in [2.24, 2.45) is 11.8 Å². The van der Waals surface area contributed by atoms with E-state index in [9.17, 15) is 0 Å². The van der Waals surface area contributed by atoms with Gasteiger partial charge in [-0.25, -0.2) is 4.98 Å². The van der Waals surface area contributed by atoms with Crippen molar-refractivity contribution in [2.75, 3.05) is 23.9 Å². The zero-order chi connectivity index (χ0) is 18.3. The Morgan fingerprint density at radius 2 is 1.74 bits per heavy atom. The summed E-state index contributed by atoms with van der Waals surface area (Å²) in [6.07, 6.45) is 9.07. The molecule has 2 heterocycles. The van der Waals surface area contributed by atoms with Gasteiger partial charge in [-0.3, -0.25) is 0 Å². The first-order valence-electron chi connectivity index (χ1n) is 10.4. The molecule has 4 aliphatic rings. The summed E-state index contributed by atoms with van der Waals surface area (Å²) in [6, 6.07) is 6.83. The van der Waals surface area contributed by atoms with Gasteiger partial charge in [0.25, 0.3) is 0 Å². The van der Waals surface area contributed by atoms with Gasteiger partial charge in [0, 0.05) is 38.2 Å². The maximum absolute atomic E-state index is 4.95. The normalized spacial score (nSPS) is 28.7. The van der Waals surface area contributed by atoms with Gasteiger partial charge in [0.15, 0.2) is 0 Å². The molecule has 27 heavy (non-hydrogen) atoms. The van der Waals surface area contributed by atoms with E-state index in [0.29, 0.717) is 0 Å². The summed E-state index contributed by atoms with van der Waals surface area (Å²) in [5, 5.41) is 0. The van der Waals surface area contributed by atoms with E-state index in [0.717, 1.165) is 36.0 Å². The predicted molar refractivity (Wildman–Crippen MR) is 109 cm³/mol. The lowest BCUT2D eigenvalue weighted by molar-refractivity contribution is 0.600. The van der Waals surface area contributed by atoms with E-state index in [2.05, 4.69) is 59.6 Å². The number of hydrogen-bond donors (Lipinski definition) is 0. The Hall–Kier alpha value is -2.23. The summed E-state index contributed by atoms with van der Waals surface area (Å²) in [5.41, 5.74) is 6.84. The average molecular weight is 361 g/mol. The van der Waals surface area contributed by atoms with Gasteiger partial charge in [-0.15, -0.1) is 0 Å². The zero-order valence-corrected chi connectivity index (χ0v) is 16.4. The lowest BCUT2D eigenvalue weighted by Gasteiger charge is -2.16. The topological polar surface area (TPSA) is 24.3 Å². The number of fused-ring (bicyclic) bond motifs is 2. The summed E-state index contributed by atoms with van der Waals surface area (Å²) in [7, 11) is 4.19. The minimum absolute atomic E-state index is 0.730. The fourth-order valence-electron chi connectivity index (χ4n) is 5.51. The number of nitrogens with zero attached hydrogens (tertiary/aromatic N) is 4.